The molecule has 0 aliphatic carbocycles. The van der Waals surface area contributed by atoms with E-state index in [0.717, 1.165) is 48.3 Å². The van der Waals surface area contributed by atoms with Gasteiger partial charge in [0.25, 0.3) is 5.91 Å². The maximum absolute atomic E-state index is 12.6. The Morgan fingerprint density at radius 1 is 0.923 bits per heavy atom. The number of amides is 1. The molecule has 0 N–H and O–H groups in total. The highest BCUT2D eigenvalue weighted by molar-refractivity contribution is 9.10. The molecule has 2 aromatic carbocycles. The van der Waals surface area contributed by atoms with Crippen LogP contribution in [-0.4, -0.2) is 55.0 Å². The van der Waals surface area contributed by atoms with E-state index in [9.17, 15) is 9.59 Å². The van der Waals surface area contributed by atoms with E-state index in [1.165, 1.54) is 7.11 Å². The first-order chi connectivity index (χ1) is 12.6. The second kappa shape index (κ2) is 8.47. The summed E-state index contributed by atoms with van der Waals surface area (Å²) in [7, 11) is 1.38. The first-order valence-corrected chi connectivity index (χ1v) is 9.30. The number of hydrogen-bond donors (Lipinski definition) is 0. The van der Waals surface area contributed by atoms with Gasteiger partial charge in [-0.25, -0.2) is 4.79 Å². The van der Waals surface area contributed by atoms with Crippen molar-refractivity contribution in [3.8, 4) is 0 Å². The average molecular weight is 417 g/mol. The van der Waals surface area contributed by atoms with Crippen LogP contribution in [0.3, 0.4) is 0 Å². The Balaban J connectivity index is 1.53. The zero-order valence-corrected chi connectivity index (χ0v) is 16.2. The molecule has 26 heavy (non-hydrogen) atoms. The summed E-state index contributed by atoms with van der Waals surface area (Å²) in [5, 5.41) is 0. The smallest absolute Gasteiger partial charge is 0.337 e. The van der Waals surface area contributed by atoms with Gasteiger partial charge in [0.05, 0.1) is 12.7 Å². The molecule has 2 aromatic rings. The average Bonchev–Trinajstić information content (AvgIpc) is 2.68. The number of carbonyl (C=O) groups excluding carboxylic acids is 2. The van der Waals surface area contributed by atoms with Crippen LogP contribution in [0.1, 0.15) is 26.3 Å². The largest absolute Gasteiger partial charge is 0.465 e. The molecule has 136 valence electrons. The molecule has 1 aliphatic rings. The minimum atomic E-state index is -0.323. The topological polar surface area (TPSA) is 49.9 Å². The van der Waals surface area contributed by atoms with Gasteiger partial charge in [-0.05, 0) is 42.0 Å². The molecule has 0 bridgehead atoms. The number of piperazine rings is 1. The molecular weight excluding hydrogens is 396 g/mol. The van der Waals surface area contributed by atoms with Crippen molar-refractivity contribution in [2.24, 2.45) is 0 Å². The Bertz CT molecular complexity index is 767. The summed E-state index contributed by atoms with van der Waals surface area (Å²) in [5.41, 5.74) is 2.42. The Morgan fingerprint density at radius 3 is 2.08 bits per heavy atom. The van der Waals surface area contributed by atoms with Crippen LogP contribution in [0.5, 0.6) is 0 Å². The number of carbonyl (C=O) groups is 2. The first kappa shape index (κ1) is 18.6. The molecule has 0 radical (unpaired) electrons. The van der Waals surface area contributed by atoms with E-state index in [4.69, 9.17) is 4.74 Å². The fourth-order valence-electron chi connectivity index (χ4n) is 3.01. The molecule has 1 saturated heterocycles. The van der Waals surface area contributed by atoms with E-state index >= 15 is 0 Å². The van der Waals surface area contributed by atoms with Crippen molar-refractivity contribution in [2.45, 2.75) is 6.54 Å². The molecular formula is C20H21BrN2O3. The SMILES string of the molecule is COC(=O)c1ccc(CN2CCN(C(=O)c3ccc(Br)cc3)CC2)cc1. The first-order valence-electron chi connectivity index (χ1n) is 8.51. The highest BCUT2D eigenvalue weighted by Gasteiger charge is 2.22. The summed E-state index contributed by atoms with van der Waals surface area (Å²) in [4.78, 5) is 28.3. The molecule has 0 spiro atoms. The van der Waals surface area contributed by atoms with Gasteiger partial charge in [-0.3, -0.25) is 9.69 Å². The van der Waals surface area contributed by atoms with Crippen LogP contribution in [0.4, 0.5) is 0 Å². The van der Waals surface area contributed by atoms with Crippen molar-refractivity contribution in [1.29, 1.82) is 0 Å². The maximum Gasteiger partial charge on any atom is 0.337 e. The highest BCUT2D eigenvalue weighted by atomic mass is 79.9. The van der Waals surface area contributed by atoms with E-state index in [2.05, 4.69) is 20.8 Å². The van der Waals surface area contributed by atoms with Gasteiger partial charge in [0.15, 0.2) is 0 Å². The van der Waals surface area contributed by atoms with Crippen LogP contribution in [0, 0.1) is 0 Å². The number of rotatable bonds is 4. The van der Waals surface area contributed by atoms with Crippen molar-refractivity contribution >= 4 is 27.8 Å². The second-order valence-corrected chi connectivity index (χ2v) is 7.18. The molecule has 0 aromatic heterocycles. The molecule has 0 atom stereocenters. The zero-order chi connectivity index (χ0) is 18.5. The van der Waals surface area contributed by atoms with Crippen molar-refractivity contribution in [1.82, 2.24) is 9.80 Å². The van der Waals surface area contributed by atoms with Gasteiger partial charge in [-0.2, -0.15) is 0 Å². The van der Waals surface area contributed by atoms with Crippen LogP contribution >= 0.6 is 15.9 Å². The van der Waals surface area contributed by atoms with Crippen LogP contribution in [0.25, 0.3) is 0 Å². The third-order valence-electron chi connectivity index (χ3n) is 4.53. The predicted octanol–water partition coefficient (Wildman–Crippen LogP) is 3.19. The summed E-state index contributed by atoms with van der Waals surface area (Å²) >= 11 is 3.39. The number of esters is 1. The molecule has 1 fully saturated rings. The monoisotopic (exact) mass is 416 g/mol. The molecule has 0 unspecified atom stereocenters. The fourth-order valence-corrected chi connectivity index (χ4v) is 3.27. The minimum absolute atomic E-state index is 0.0829. The summed E-state index contributed by atoms with van der Waals surface area (Å²) < 4.78 is 5.68. The van der Waals surface area contributed by atoms with E-state index in [-0.39, 0.29) is 11.9 Å². The van der Waals surface area contributed by atoms with Crippen LogP contribution in [-0.2, 0) is 11.3 Å². The van der Waals surface area contributed by atoms with E-state index in [1.54, 1.807) is 12.1 Å². The highest BCUT2D eigenvalue weighted by Crippen LogP contribution is 2.15. The van der Waals surface area contributed by atoms with E-state index < -0.39 is 0 Å². The standard InChI is InChI=1S/C20H21BrN2O3/c1-26-20(25)17-4-2-15(3-5-17)14-22-10-12-23(13-11-22)19(24)16-6-8-18(21)9-7-16/h2-9H,10-14H2,1H3. The predicted molar refractivity (Wildman–Crippen MR) is 103 cm³/mol. The lowest BCUT2D eigenvalue weighted by Gasteiger charge is -2.34. The van der Waals surface area contributed by atoms with Crippen molar-refractivity contribution in [3.63, 3.8) is 0 Å². The molecule has 3 rings (SSSR count). The van der Waals surface area contributed by atoms with E-state index in [0.29, 0.717) is 5.56 Å². The van der Waals surface area contributed by atoms with Crippen LogP contribution < -0.4 is 0 Å². The molecule has 5 nitrogen and oxygen atoms in total. The van der Waals surface area contributed by atoms with Crippen LogP contribution in [0.2, 0.25) is 0 Å². The summed E-state index contributed by atoms with van der Waals surface area (Å²) in [6.45, 7) is 3.91. The van der Waals surface area contributed by atoms with Gasteiger partial charge in [-0.1, -0.05) is 28.1 Å². The number of methoxy groups -OCH3 is 1. The maximum atomic E-state index is 12.6. The molecule has 1 amide bonds. The number of hydrogen-bond acceptors (Lipinski definition) is 4. The van der Waals surface area contributed by atoms with Gasteiger partial charge in [0.2, 0.25) is 0 Å². The van der Waals surface area contributed by atoms with Gasteiger partial charge >= 0.3 is 5.97 Å². The fraction of sp³-hybridized carbons (Fsp3) is 0.300. The zero-order valence-electron chi connectivity index (χ0n) is 14.7. The van der Waals surface area contributed by atoms with E-state index in [1.807, 2.05) is 41.3 Å². The summed E-state index contributed by atoms with van der Waals surface area (Å²) in [6.07, 6.45) is 0. The number of ether oxygens (including phenoxy) is 1. The summed E-state index contributed by atoms with van der Waals surface area (Å²) in [5.74, 6) is -0.240. The minimum Gasteiger partial charge on any atom is -0.465 e. The van der Waals surface area contributed by atoms with Crippen molar-refractivity contribution < 1.29 is 14.3 Å². The quantitative estimate of drug-likeness (QED) is 0.718. The summed E-state index contributed by atoms with van der Waals surface area (Å²) in [6, 6.07) is 15.0. The lowest BCUT2D eigenvalue weighted by molar-refractivity contribution is 0.0599. The third-order valence-corrected chi connectivity index (χ3v) is 5.06. The molecule has 0 saturated carbocycles. The van der Waals surface area contributed by atoms with Gasteiger partial charge < -0.3 is 9.64 Å². The lowest BCUT2D eigenvalue weighted by Crippen LogP contribution is -2.48. The Kier molecular flexibility index (Phi) is 6.06. The normalized spacial score (nSPS) is 14.9. The Morgan fingerprint density at radius 2 is 1.50 bits per heavy atom. The Hall–Kier alpha value is -2.18. The van der Waals surface area contributed by atoms with Crippen molar-refractivity contribution in [3.05, 3.63) is 69.7 Å². The number of nitrogens with zero attached hydrogens (tertiary/aromatic N) is 2. The van der Waals surface area contributed by atoms with Gasteiger partial charge in [-0.15, -0.1) is 0 Å². The Labute approximate surface area is 161 Å². The van der Waals surface area contributed by atoms with Gasteiger partial charge in [0, 0.05) is 42.8 Å². The van der Waals surface area contributed by atoms with Gasteiger partial charge in [0.1, 0.15) is 0 Å². The molecule has 6 heteroatoms. The van der Waals surface area contributed by atoms with Crippen LogP contribution in [0.15, 0.2) is 53.0 Å². The third kappa shape index (κ3) is 4.51. The number of benzene rings is 2. The number of halogens is 1. The lowest BCUT2D eigenvalue weighted by atomic mass is 10.1. The molecule has 1 aliphatic heterocycles. The second-order valence-electron chi connectivity index (χ2n) is 6.26. The van der Waals surface area contributed by atoms with Crippen molar-refractivity contribution in [2.75, 3.05) is 33.3 Å². The molecule has 1 heterocycles.